The molecule has 0 aliphatic carbocycles. The summed E-state index contributed by atoms with van der Waals surface area (Å²) in [6, 6.07) is 4.59. The quantitative estimate of drug-likeness (QED) is 0.134. The number of carbonyl (C=O) groups excluding carboxylic acids is 2. The average Bonchev–Trinajstić information content (AvgIpc) is 2.64. The molecule has 1 atom stereocenters. The van der Waals surface area contributed by atoms with E-state index in [-0.39, 0.29) is 25.4 Å². The van der Waals surface area contributed by atoms with Crippen LogP contribution in [0.15, 0.2) is 29.4 Å². The maximum absolute atomic E-state index is 12.0. The molecule has 0 unspecified atom stereocenters. The van der Waals surface area contributed by atoms with Crippen molar-refractivity contribution in [2.45, 2.75) is 59.1 Å². The van der Waals surface area contributed by atoms with Crippen molar-refractivity contribution in [2.24, 2.45) is 5.11 Å². The number of nitrogens with one attached hydrogen (secondary N) is 2. The van der Waals surface area contributed by atoms with Crippen molar-refractivity contribution in [1.29, 1.82) is 0 Å². The fraction of sp³-hybridized carbons (Fsp3) is 0.579. The summed E-state index contributed by atoms with van der Waals surface area (Å²) in [4.78, 5) is 36.4. The average molecular weight is 438 g/mol. The van der Waals surface area contributed by atoms with Gasteiger partial charge in [0.2, 0.25) is 0 Å². The number of benzene rings is 1. The number of nitro groups is 1. The highest BCUT2D eigenvalue weighted by atomic mass is 16.6. The topological polar surface area (TPSA) is 169 Å². The summed E-state index contributed by atoms with van der Waals surface area (Å²) in [5, 5.41) is 19.4. The Morgan fingerprint density at radius 1 is 1.23 bits per heavy atom. The van der Waals surface area contributed by atoms with Gasteiger partial charge in [-0.25, -0.2) is 9.59 Å². The summed E-state index contributed by atoms with van der Waals surface area (Å²) in [7, 11) is 0. The molecule has 31 heavy (non-hydrogen) atoms. The van der Waals surface area contributed by atoms with Crippen LogP contribution in [0.1, 0.15) is 47.5 Å². The SMILES string of the molecule is C.CC(C)(C)OC(=O)NCCCC[C@@H](CN=[N+]=[N-])NC(=O)Oc1ccc([N+](=O)[O-])cc1. The molecule has 2 amide bonds. The van der Waals surface area contributed by atoms with Crippen LogP contribution < -0.4 is 15.4 Å². The molecule has 2 N–H and O–H groups in total. The van der Waals surface area contributed by atoms with Crippen LogP contribution in [0.2, 0.25) is 0 Å². The van der Waals surface area contributed by atoms with Crippen LogP contribution >= 0.6 is 0 Å². The van der Waals surface area contributed by atoms with Crippen LogP contribution in [-0.4, -0.2) is 41.8 Å². The van der Waals surface area contributed by atoms with E-state index in [0.29, 0.717) is 25.8 Å². The number of rotatable bonds is 10. The second-order valence-corrected chi connectivity index (χ2v) is 7.32. The number of amides is 2. The van der Waals surface area contributed by atoms with E-state index in [1.165, 1.54) is 24.3 Å². The molecule has 12 heteroatoms. The number of unbranched alkanes of at least 4 members (excludes halogenated alkanes) is 1. The highest BCUT2D eigenvalue weighted by Crippen LogP contribution is 2.17. The smallest absolute Gasteiger partial charge is 0.412 e. The zero-order valence-corrected chi connectivity index (χ0v) is 17.2. The number of ether oxygens (including phenoxy) is 2. The Bertz CT molecular complexity index is 771. The lowest BCUT2D eigenvalue weighted by molar-refractivity contribution is -0.384. The van der Waals surface area contributed by atoms with E-state index >= 15 is 0 Å². The molecule has 0 spiro atoms. The lowest BCUT2D eigenvalue weighted by Crippen LogP contribution is -2.39. The maximum atomic E-state index is 12.0. The third kappa shape index (κ3) is 12.6. The lowest BCUT2D eigenvalue weighted by atomic mass is 10.1. The number of nitro benzene ring substituents is 1. The summed E-state index contributed by atoms with van der Waals surface area (Å²) in [6.45, 7) is 5.75. The fourth-order valence-electron chi connectivity index (χ4n) is 2.30. The molecule has 1 aromatic rings. The molecule has 0 saturated heterocycles. The van der Waals surface area contributed by atoms with Gasteiger partial charge in [-0.15, -0.1) is 0 Å². The minimum absolute atomic E-state index is 0. The van der Waals surface area contributed by atoms with E-state index in [0.717, 1.165) is 0 Å². The number of nitrogens with zero attached hydrogens (tertiary/aromatic N) is 4. The van der Waals surface area contributed by atoms with Crippen molar-refractivity contribution in [1.82, 2.24) is 10.6 Å². The number of hydrogen-bond acceptors (Lipinski definition) is 7. The largest absolute Gasteiger partial charge is 0.444 e. The molecule has 1 rings (SSSR count). The standard InChI is InChI=1S/C18H26N6O6.CH4/c1-18(2,3)30-16(25)20-11-5-4-6-13(12-21-23-19)22-17(26)29-15-9-7-14(8-10-15)24(27)28;/h7-10,13H,4-6,11-12H2,1-3H3,(H,20,25)(H,22,26);1H4/t13-;/m0./s1. The first-order valence-corrected chi connectivity index (χ1v) is 9.31. The highest BCUT2D eigenvalue weighted by molar-refractivity contribution is 5.70. The third-order valence-electron chi connectivity index (χ3n) is 3.59. The maximum Gasteiger partial charge on any atom is 0.412 e. The van der Waals surface area contributed by atoms with E-state index in [2.05, 4.69) is 20.7 Å². The molecule has 172 valence electrons. The number of carbonyl (C=O) groups is 2. The number of hydrogen-bond donors (Lipinski definition) is 2. The Hall–Kier alpha value is -3.53. The zero-order chi connectivity index (χ0) is 22.6. The molecular formula is C19H30N6O6. The van der Waals surface area contributed by atoms with Crippen LogP contribution in [0, 0.1) is 10.1 Å². The minimum Gasteiger partial charge on any atom is -0.444 e. The Labute approximate surface area is 181 Å². The molecule has 0 aromatic heterocycles. The van der Waals surface area contributed by atoms with Crippen molar-refractivity contribution in [3.05, 3.63) is 44.8 Å². The first-order chi connectivity index (χ1) is 14.1. The Morgan fingerprint density at radius 2 is 1.87 bits per heavy atom. The van der Waals surface area contributed by atoms with Crippen molar-refractivity contribution in [3.8, 4) is 5.75 Å². The van der Waals surface area contributed by atoms with Gasteiger partial charge in [-0.05, 0) is 57.7 Å². The molecule has 0 saturated carbocycles. The van der Waals surface area contributed by atoms with E-state index in [9.17, 15) is 19.7 Å². The second kappa shape index (κ2) is 13.6. The molecule has 0 aliphatic rings. The normalized spacial score (nSPS) is 11.2. The molecule has 0 bridgehead atoms. The van der Waals surface area contributed by atoms with Crippen molar-refractivity contribution in [3.63, 3.8) is 0 Å². The van der Waals surface area contributed by atoms with Crippen molar-refractivity contribution < 1.29 is 24.0 Å². The van der Waals surface area contributed by atoms with Gasteiger partial charge in [0.15, 0.2) is 0 Å². The number of non-ortho nitro benzene ring substituents is 1. The summed E-state index contributed by atoms with van der Waals surface area (Å²) in [5.41, 5.74) is 7.82. The molecule has 0 fully saturated rings. The summed E-state index contributed by atoms with van der Waals surface area (Å²) >= 11 is 0. The first kappa shape index (κ1) is 27.5. The van der Waals surface area contributed by atoms with Gasteiger partial charge in [-0.3, -0.25) is 10.1 Å². The van der Waals surface area contributed by atoms with Crippen LogP contribution in [0.5, 0.6) is 5.75 Å². The minimum atomic E-state index is -0.770. The predicted molar refractivity (Wildman–Crippen MR) is 115 cm³/mol. The molecule has 0 radical (unpaired) electrons. The number of alkyl carbamates (subject to hydrolysis) is 1. The fourth-order valence-corrected chi connectivity index (χ4v) is 2.30. The van der Waals surface area contributed by atoms with Gasteiger partial charge in [0, 0.05) is 36.2 Å². The van der Waals surface area contributed by atoms with Gasteiger partial charge in [-0.2, -0.15) is 0 Å². The van der Waals surface area contributed by atoms with E-state index in [1.807, 2.05) is 0 Å². The van der Waals surface area contributed by atoms with Crippen molar-refractivity contribution >= 4 is 17.9 Å². The van der Waals surface area contributed by atoms with Crippen LogP contribution in [0.25, 0.3) is 10.4 Å². The van der Waals surface area contributed by atoms with E-state index < -0.39 is 28.8 Å². The Kier molecular flexibility index (Phi) is 12.1. The van der Waals surface area contributed by atoms with Gasteiger partial charge in [0.25, 0.3) is 5.69 Å². The first-order valence-electron chi connectivity index (χ1n) is 9.31. The monoisotopic (exact) mass is 438 g/mol. The lowest BCUT2D eigenvalue weighted by Gasteiger charge is -2.20. The summed E-state index contributed by atoms with van der Waals surface area (Å²) in [5.74, 6) is 0.141. The third-order valence-corrected chi connectivity index (χ3v) is 3.59. The van der Waals surface area contributed by atoms with Crippen LogP contribution in [0.3, 0.4) is 0 Å². The van der Waals surface area contributed by atoms with E-state index in [1.54, 1.807) is 20.8 Å². The molecular weight excluding hydrogens is 408 g/mol. The van der Waals surface area contributed by atoms with Crippen molar-refractivity contribution in [2.75, 3.05) is 13.1 Å². The van der Waals surface area contributed by atoms with Crippen LogP contribution in [-0.2, 0) is 4.74 Å². The Morgan fingerprint density at radius 3 is 2.42 bits per heavy atom. The van der Waals surface area contributed by atoms with Gasteiger partial charge in [0.1, 0.15) is 11.4 Å². The molecule has 12 nitrogen and oxygen atoms in total. The predicted octanol–water partition coefficient (Wildman–Crippen LogP) is 4.69. The molecule has 0 aliphatic heterocycles. The van der Waals surface area contributed by atoms with Gasteiger partial charge >= 0.3 is 12.2 Å². The van der Waals surface area contributed by atoms with Gasteiger partial charge < -0.3 is 20.1 Å². The van der Waals surface area contributed by atoms with E-state index in [4.69, 9.17) is 15.0 Å². The summed E-state index contributed by atoms with van der Waals surface area (Å²) in [6.07, 6.45) is 0.487. The highest BCUT2D eigenvalue weighted by Gasteiger charge is 2.16. The summed E-state index contributed by atoms with van der Waals surface area (Å²) < 4.78 is 10.2. The zero-order valence-electron chi connectivity index (χ0n) is 17.2. The van der Waals surface area contributed by atoms with Crippen LogP contribution in [0.4, 0.5) is 15.3 Å². The Balaban J connectivity index is 0.00000900. The molecule has 0 heterocycles. The molecule has 1 aromatic carbocycles. The number of azide groups is 1. The second-order valence-electron chi connectivity index (χ2n) is 7.32. The van der Waals surface area contributed by atoms with Gasteiger partial charge in [-0.1, -0.05) is 12.5 Å². The van der Waals surface area contributed by atoms with Gasteiger partial charge in [0.05, 0.1) is 4.92 Å².